The lowest BCUT2D eigenvalue weighted by molar-refractivity contribution is 0.130. The van der Waals surface area contributed by atoms with Crippen molar-refractivity contribution in [1.82, 2.24) is 0 Å². The molecule has 0 radical (unpaired) electrons. The largest absolute Gasteiger partial charge is 0.370 e. The number of allylic oxidation sites excluding steroid dienone is 2. The minimum Gasteiger partial charge on any atom is -0.370 e. The van der Waals surface area contributed by atoms with Crippen molar-refractivity contribution >= 4 is 11.1 Å². The lowest BCUT2D eigenvalue weighted by Gasteiger charge is -2.09. The molecule has 0 heterocycles. The summed E-state index contributed by atoms with van der Waals surface area (Å²) in [4.78, 5) is 0. The maximum absolute atomic E-state index is 5.75. The molecule has 0 spiro atoms. The molecule has 0 fully saturated rings. The summed E-state index contributed by atoms with van der Waals surface area (Å²) in [5.41, 5.74) is 5.00. The van der Waals surface area contributed by atoms with Gasteiger partial charge < -0.3 is 4.74 Å². The Labute approximate surface area is 120 Å². The number of benzene rings is 2. The van der Waals surface area contributed by atoms with Gasteiger partial charge in [0.05, 0.1) is 6.10 Å². The molecule has 0 N–H and O–H groups in total. The van der Waals surface area contributed by atoms with Crippen LogP contribution in [0.3, 0.4) is 0 Å². The van der Waals surface area contributed by atoms with Crippen molar-refractivity contribution < 1.29 is 4.74 Å². The molecule has 1 aliphatic rings. The molecule has 0 bridgehead atoms. The van der Waals surface area contributed by atoms with Crippen LogP contribution in [0.5, 0.6) is 0 Å². The Morgan fingerprint density at radius 1 is 0.750 bits per heavy atom. The molecule has 0 saturated carbocycles. The Bertz CT molecular complexity index is 568. The van der Waals surface area contributed by atoms with Crippen LogP contribution in [0.2, 0.25) is 0 Å². The lowest BCUT2D eigenvalue weighted by atomic mass is 9.95. The van der Waals surface area contributed by atoms with E-state index < -0.39 is 0 Å². The Morgan fingerprint density at radius 3 is 1.60 bits per heavy atom. The molecule has 0 aliphatic heterocycles. The van der Waals surface area contributed by atoms with E-state index in [2.05, 4.69) is 60.7 Å². The molecule has 20 heavy (non-hydrogen) atoms. The summed E-state index contributed by atoms with van der Waals surface area (Å²) in [5.74, 6) is 0. The van der Waals surface area contributed by atoms with E-state index in [1.165, 1.54) is 22.3 Å². The topological polar surface area (TPSA) is 9.23 Å². The van der Waals surface area contributed by atoms with Crippen molar-refractivity contribution in [2.75, 3.05) is 6.61 Å². The lowest BCUT2D eigenvalue weighted by Crippen LogP contribution is -2.03. The molecule has 0 aromatic heterocycles. The third kappa shape index (κ3) is 2.59. The second-order valence-electron chi connectivity index (χ2n) is 4.81. The number of ether oxygens (including phenoxy) is 1. The Hall–Kier alpha value is -2.12. The van der Waals surface area contributed by atoms with Crippen LogP contribution < -0.4 is 0 Å². The first-order chi connectivity index (χ1) is 9.88. The van der Waals surface area contributed by atoms with Crippen molar-refractivity contribution in [1.29, 1.82) is 0 Å². The first-order valence-electron chi connectivity index (χ1n) is 7.05. The third-order valence-corrected chi connectivity index (χ3v) is 3.48. The summed E-state index contributed by atoms with van der Waals surface area (Å²) in [6, 6.07) is 21.0. The predicted molar refractivity (Wildman–Crippen MR) is 84.3 cm³/mol. The van der Waals surface area contributed by atoms with E-state index in [1.807, 2.05) is 19.1 Å². The van der Waals surface area contributed by atoms with Crippen molar-refractivity contribution in [3.8, 4) is 0 Å². The molecule has 0 amide bonds. The van der Waals surface area contributed by atoms with Crippen LogP contribution in [0.4, 0.5) is 0 Å². The molecule has 0 atom stereocenters. The molecule has 2 aromatic rings. The summed E-state index contributed by atoms with van der Waals surface area (Å²) in [6.45, 7) is 2.76. The van der Waals surface area contributed by atoms with Crippen LogP contribution in [0.25, 0.3) is 11.1 Å². The molecule has 3 rings (SSSR count). The molecular weight excluding hydrogens is 244 g/mol. The van der Waals surface area contributed by atoms with Gasteiger partial charge in [0.25, 0.3) is 0 Å². The monoisotopic (exact) mass is 262 g/mol. The van der Waals surface area contributed by atoms with Gasteiger partial charge in [-0.25, -0.2) is 0 Å². The smallest absolute Gasteiger partial charge is 0.0955 e. The van der Waals surface area contributed by atoms with Crippen LogP contribution in [0.15, 0.2) is 72.8 Å². The highest BCUT2D eigenvalue weighted by Gasteiger charge is 2.19. The van der Waals surface area contributed by atoms with Crippen LogP contribution in [0.1, 0.15) is 18.1 Å². The van der Waals surface area contributed by atoms with Crippen LogP contribution in [-0.2, 0) is 4.74 Å². The fourth-order valence-electron chi connectivity index (χ4n) is 2.58. The molecule has 2 aromatic carbocycles. The summed E-state index contributed by atoms with van der Waals surface area (Å²) in [6.07, 6.45) is 4.49. The minimum atomic E-state index is 0.0745. The van der Waals surface area contributed by atoms with Crippen molar-refractivity contribution in [2.45, 2.75) is 13.0 Å². The van der Waals surface area contributed by atoms with Gasteiger partial charge in [-0.1, -0.05) is 60.7 Å². The van der Waals surface area contributed by atoms with E-state index in [9.17, 15) is 0 Å². The second-order valence-corrected chi connectivity index (χ2v) is 4.81. The maximum atomic E-state index is 5.75. The Morgan fingerprint density at radius 2 is 1.20 bits per heavy atom. The molecule has 1 aliphatic carbocycles. The van der Waals surface area contributed by atoms with E-state index in [4.69, 9.17) is 4.74 Å². The summed E-state index contributed by atoms with van der Waals surface area (Å²) >= 11 is 0. The van der Waals surface area contributed by atoms with E-state index in [-0.39, 0.29) is 6.10 Å². The Kier molecular flexibility index (Phi) is 3.80. The quantitative estimate of drug-likeness (QED) is 0.784. The molecule has 100 valence electrons. The summed E-state index contributed by atoms with van der Waals surface area (Å²) in [5, 5.41) is 0. The summed E-state index contributed by atoms with van der Waals surface area (Å²) < 4.78 is 5.75. The number of hydrogen-bond donors (Lipinski definition) is 0. The van der Waals surface area contributed by atoms with Crippen molar-refractivity contribution in [2.24, 2.45) is 0 Å². The van der Waals surface area contributed by atoms with Gasteiger partial charge in [0.1, 0.15) is 0 Å². The highest BCUT2D eigenvalue weighted by atomic mass is 16.5. The van der Waals surface area contributed by atoms with Gasteiger partial charge in [-0.15, -0.1) is 0 Å². The van der Waals surface area contributed by atoms with Gasteiger partial charge in [-0.3, -0.25) is 0 Å². The van der Waals surface area contributed by atoms with Crippen LogP contribution in [-0.4, -0.2) is 12.7 Å². The van der Waals surface area contributed by atoms with Gasteiger partial charge in [0, 0.05) is 6.61 Å². The summed E-state index contributed by atoms with van der Waals surface area (Å²) in [7, 11) is 0. The second kappa shape index (κ2) is 5.89. The average molecular weight is 262 g/mol. The van der Waals surface area contributed by atoms with E-state index >= 15 is 0 Å². The van der Waals surface area contributed by atoms with Gasteiger partial charge in [-0.05, 0) is 41.3 Å². The SMILES string of the molecule is CCOC1C=C(c2ccccc2)C(c2ccccc2)=C1. The number of rotatable bonds is 4. The highest BCUT2D eigenvalue weighted by Crippen LogP contribution is 2.36. The van der Waals surface area contributed by atoms with Gasteiger partial charge in [0.15, 0.2) is 0 Å². The zero-order valence-electron chi connectivity index (χ0n) is 11.6. The molecular formula is C19H18O. The average Bonchev–Trinajstić information content (AvgIpc) is 2.93. The third-order valence-electron chi connectivity index (χ3n) is 3.48. The van der Waals surface area contributed by atoms with Crippen LogP contribution >= 0.6 is 0 Å². The minimum absolute atomic E-state index is 0.0745. The molecule has 1 nitrogen and oxygen atoms in total. The number of hydrogen-bond acceptors (Lipinski definition) is 1. The Balaban J connectivity index is 2.02. The van der Waals surface area contributed by atoms with Gasteiger partial charge in [-0.2, -0.15) is 0 Å². The normalized spacial score (nSPS) is 15.1. The zero-order valence-corrected chi connectivity index (χ0v) is 11.6. The standard InChI is InChI=1S/C19H18O/c1-2-20-17-13-18(15-9-5-3-6-10-15)19(14-17)16-11-7-4-8-12-16/h3-14,17H,2H2,1H3. The molecule has 1 heteroatoms. The van der Waals surface area contributed by atoms with E-state index in [1.54, 1.807) is 0 Å². The maximum Gasteiger partial charge on any atom is 0.0955 e. The van der Waals surface area contributed by atoms with Crippen molar-refractivity contribution in [3.63, 3.8) is 0 Å². The van der Waals surface area contributed by atoms with E-state index in [0.29, 0.717) is 0 Å². The molecule has 0 unspecified atom stereocenters. The predicted octanol–water partition coefficient (Wildman–Crippen LogP) is 4.57. The molecule has 0 saturated heterocycles. The van der Waals surface area contributed by atoms with Gasteiger partial charge >= 0.3 is 0 Å². The van der Waals surface area contributed by atoms with Crippen LogP contribution in [0, 0.1) is 0 Å². The zero-order chi connectivity index (χ0) is 13.8. The van der Waals surface area contributed by atoms with E-state index in [0.717, 1.165) is 6.61 Å². The first kappa shape index (κ1) is 12.9. The van der Waals surface area contributed by atoms with Crippen molar-refractivity contribution in [3.05, 3.63) is 83.9 Å². The highest BCUT2D eigenvalue weighted by molar-refractivity contribution is 6.07. The first-order valence-corrected chi connectivity index (χ1v) is 7.05. The fourth-order valence-corrected chi connectivity index (χ4v) is 2.58. The fraction of sp³-hybridized carbons (Fsp3) is 0.158. The van der Waals surface area contributed by atoms with Gasteiger partial charge in [0.2, 0.25) is 0 Å².